The van der Waals surface area contributed by atoms with Gasteiger partial charge < -0.3 is 10.6 Å². The van der Waals surface area contributed by atoms with E-state index in [-0.39, 0.29) is 17.5 Å². The van der Waals surface area contributed by atoms with Crippen LogP contribution < -0.4 is 10.6 Å². The van der Waals surface area contributed by atoms with E-state index in [4.69, 9.17) is 0 Å². The van der Waals surface area contributed by atoms with E-state index in [1.165, 1.54) is 4.80 Å². The van der Waals surface area contributed by atoms with Crippen molar-refractivity contribution in [3.05, 3.63) is 70.5 Å². The average molecular weight is 377 g/mol. The smallest absolute Gasteiger partial charge is 0.278 e. The maximum Gasteiger partial charge on any atom is 0.278 e. The summed E-state index contributed by atoms with van der Waals surface area (Å²) in [5.74, 6) is -0.558. The number of anilines is 1. The predicted octanol–water partition coefficient (Wildman–Crippen LogP) is 3.19. The van der Waals surface area contributed by atoms with Crippen LogP contribution in [-0.2, 0) is 0 Å². The Hall–Kier alpha value is -3.48. The van der Waals surface area contributed by atoms with Gasteiger partial charge in [0.25, 0.3) is 11.8 Å². The molecule has 0 aliphatic rings. The summed E-state index contributed by atoms with van der Waals surface area (Å²) in [5, 5.41) is 14.3. The second kappa shape index (κ2) is 8.04. The second-order valence-electron chi connectivity index (χ2n) is 6.61. The van der Waals surface area contributed by atoms with E-state index in [1.54, 1.807) is 31.2 Å². The summed E-state index contributed by atoms with van der Waals surface area (Å²) in [6.45, 7) is 8.13. The van der Waals surface area contributed by atoms with Gasteiger partial charge in [-0.2, -0.15) is 9.90 Å². The van der Waals surface area contributed by atoms with Crippen LogP contribution in [-0.4, -0.2) is 33.4 Å². The average Bonchev–Trinajstić information content (AvgIpc) is 3.03. The normalized spacial score (nSPS) is 10.6. The Kier molecular flexibility index (Phi) is 5.54. The van der Waals surface area contributed by atoms with Crippen LogP contribution in [0, 0.1) is 20.8 Å². The van der Waals surface area contributed by atoms with E-state index >= 15 is 0 Å². The molecule has 0 saturated heterocycles. The molecule has 28 heavy (non-hydrogen) atoms. The van der Waals surface area contributed by atoms with Crippen LogP contribution in [0.4, 0.5) is 5.69 Å². The molecule has 0 atom stereocenters. The minimum atomic E-state index is -0.374. The van der Waals surface area contributed by atoms with Gasteiger partial charge in [0, 0.05) is 17.8 Å². The highest BCUT2D eigenvalue weighted by atomic mass is 16.2. The van der Waals surface area contributed by atoms with Crippen LogP contribution in [0.1, 0.15) is 44.6 Å². The van der Waals surface area contributed by atoms with Crippen LogP contribution in [0.25, 0.3) is 5.69 Å². The lowest BCUT2D eigenvalue weighted by Crippen LogP contribution is -2.23. The second-order valence-corrected chi connectivity index (χ2v) is 6.61. The van der Waals surface area contributed by atoms with Gasteiger partial charge in [-0.3, -0.25) is 9.59 Å². The van der Waals surface area contributed by atoms with Crippen LogP contribution in [0.5, 0.6) is 0 Å². The number of hydrogen-bond donors (Lipinski definition) is 2. The van der Waals surface area contributed by atoms with Gasteiger partial charge in [0.2, 0.25) is 0 Å². The van der Waals surface area contributed by atoms with Gasteiger partial charge in [0.1, 0.15) is 0 Å². The largest absolute Gasteiger partial charge is 0.352 e. The molecule has 2 aromatic carbocycles. The molecule has 0 spiro atoms. The molecule has 1 heterocycles. The number of aromatic nitrogens is 3. The van der Waals surface area contributed by atoms with Crippen molar-refractivity contribution in [3.63, 3.8) is 0 Å². The molecule has 0 bridgehead atoms. The van der Waals surface area contributed by atoms with Gasteiger partial charge in [-0.1, -0.05) is 23.8 Å². The molecule has 3 rings (SSSR count). The number of rotatable bonds is 5. The van der Waals surface area contributed by atoms with E-state index in [0.29, 0.717) is 23.5 Å². The van der Waals surface area contributed by atoms with E-state index < -0.39 is 0 Å². The first-order valence-corrected chi connectivity index (χ1v) is 9.10. The first-order chi connectivity index (χ1) is 13.4. The Bertz CT molecular complexity index is 1040. The number of aryl methyl sites for hydroxylation is 3. The highest BCUT2D eigenvalue weighted by Gasteiger charge is 2.18. The maximum atomic E-state index is 12.7. The first kappa shape index (κ1) is 19.3. The lowest BCUT2D eigenvalue weighted by atomic mass is 10.1. The van der Waals surface area contributed by atoms with Crippen LogP contribution in [0.2, 0.25) is 0 Å². The van der Waals surface area contributed by atoms with E-state index in [9.17, 15) is 9.59 Å². The summed E-state index contributed by atoms with van der Waals surface area (Å²) >= 11 is 0. The minimum absolute atomic E-state index is 0.185. The van der Waals surface area contributed by atoms with Gasteiger partial charge >= 0.3 is 0 Å². The Morgan fingerprint density at radius 1 is 1.00 bits per heavy atom. The van der Waals surface area contributed by atoms with Crippen molar-refractivity contribution in [2.75, 3.05) is 11.9 Å². The molecule has 1 aromatic heterocycles. The lowest BCUT2D eigenvalue weighted by molar-refractivity contribution is 0.0954. The molecule has 0 radical (unpaired) electrons. The van der Waals surface area contributed by atoms with Crippen LogP contribution in [0.3, 0.4) is 0 Å². The fourth-order valence-electron chi connectivity index (χ4n) is 2.92. The topological polar surface area (TPSA) is 88.9 Å². The van der Waals surface area contributed by atoms with Crippen molar-refractivity contribution >= 4 is 17.5 Å². The Morgan fingerprint density at radius 3 is 2.50 bits per heavy atom. The number of benzene rings is 2. The summed E-state index contributed by atoms with van der Waals surface area (Å²) in [7, 11) is 0. The standard InChI is InChI=1S/C21H23N5O2/c1-5-22-20(27)16-7-6-8-17(12-16)23-21(28)19-15(4)24-26(25-19)18-10-9-13(2)11-14(18)3/h6-12H,5H2,1-4H3,(H,22,27)(H,23,28). The maximum absolute atomic E-state index is 12.7. The summed E-state index contributed by atoms with van der Waals surface area (Å²) in [4.78, 5) is 26.1. The molecule has 0 saturated carbocycles. The van der Waals surface area contributed by atoms with Crippen molar-refractivity contribution < 1.29 is 9.59 Å². The summed E-state index contributed by atoms with van der Waals surface area (Å²) in [6.07, 6.45) is 0. The molecular formula is C21H23N5O2. The molecule has 0 fully saturated rings. The van der Waals surface area contributed by atoms with Gasteiger partial charge in [0.05, 0.1) is 11.4 Å². The number of nitrogens with zero attached hydrogens (tertiary/aromatic N) is 3. The molecule has 7 nitrogen and oxygen atoms in total. The molecular weight excluding hydrogens is 354 g/mol. The molecule has 0 unspecified atom stereocenters. The quantitative estimate of drug-likeness (QED) is 0.715. The highest BCUT2D eigenvalue weighted by Crippen LogP contribution is 2.17. The van der Waals surface area contributed by atoms with Crippen molar-refractivity contribution in [1.82, 2.24) is 20.3 Å². The minimum Gasteiger partial charge on any atom is -0.352 e. The molecule has 2 N–H and O–H groups in total. The van der Waals surface area contributed by atoms with Crippen LogP contribution >= 0.6 is 0 Å². The Morgan fingerprint density at radius 2 is 1.79 bits per heavy atom. The third-order valence-corrected chi connectivity index (χ3v) is 4.28. The number of carbonyl (C=O) groups is 2. The van der Waals surface area contributed by atoms with Gasteiger partial charge in [-0.25, -0.2) is 0 Å². The van der Waals surface area contributed by atoms with Crippen molar-refractivity contribution in [1.29, 1.82) is 0 Å². The molecule has 0 aliphatic heterocycles. The number of amides is 2. The highest BCUT2D eigenvalue weighted by molar-refractivity contribution is 6.04. The monoisotopic (exact) mass is 377 g/mol. The zero-order valence-corrected chi connectivity index (χ0v) is 16.4. The molecule has 0 aliphatic carbocycles. The summed E-state index contributed by atoms with van der Waals surface area (Å²) in [5.41, 5.74) is 4.77. The van der Waals surface area contributed by atoms with Crippen molar-refractivity contribution in [3.8, 4) is 5.69 Å². The fourth-order valence-corrected chi connectivity index (χ4v) is 2.92. The third kappa shape index (κ3) is 4.09. The SMILES string of the molecule is CCNC(=O)c1cccc(NC(=O)c2nn(-c3ccc(C)cc3C)nc2C)c1. The van der Waals surface area contributed by atoms with E-state index in [2.05, 4.69) is 20.8 Å². The number of hydrogen-bond acceptors (Lipinski definition) is 4. The third-order valence-electron chi connectivity index (χ3n) is 4.28. The zero-order chi connectivity index (χ0) is 20.3. The Balaban J connectivity index is 1.83. The lowest BCUT2D eigenvalue weighted by Gasteiger charge is -2.07. The molecule has 144 valence electrons. The first-order valence-electron chi connectivity index (χ1n) is 9.10. The predicted molar refractivity (Wildman–Crippen MR) is 108 cm³/mol. The number of carbonyl (C=O) groups excluding carboxylic acids is 2. The summed E-state index contributed by atoms with van der Waals surface area (Å²) in [6, 6.07) is 12.7. The van der Waals surface area contributed by atoms with Gasteiger partial charge in [-0.15, -0.1) is 5.10 Å². The Labute approximate surface area is 163 Å². The van der Waals surface area contributed by atoms with Crippen LogP contribution in [0.15, 0.2) is 42.5 Å². The van der Waals surface area contributed by atoms with Gasteiger partial charge in [0.15, 0.2) is 5.69 Å². The van der Waals surface area contributed by atoms with Crippen molar-refractivity contribution in [2.24, 2.45) is 0 Å². The zero-order valence-electron chi connectivity index (χ0n) is 16.4. The van der Waals surface area contributed by atoms with E-state index in [0.717, 1.165) is 16.8 Å². The molecule has 2 amide bonds. The molecule has 7 heteroatoms. The fraction of sp³-hybridized carbons (Fsp3) is 0.238. The molecule has 3 aromatic rings. The number of nitrogens with one attached hydrogen (secondary N) is 2. The van der Waals surface area contributed by atoms with E-state index in [1.807, 2.05) is 39.0 Å². The van der Waals surface area contributed by atoms with Gasteiger partial charge in [-0.05, 0) is 57.5 Å². The van der Waals surface area contributed by atoms with Crippen molar-refractivity contribution in [2.45, 2.75) is 27.7 Å². The summed E-state index contributed by atoms with van der Waals surface area (Å²) < 4.78 is 0.